The molecule has 1 saturated heterocycles. The molecule has 0 aromatic heterocycles. The van der Waals surface area contributed by atoms with E-state index in [9.17, 15) is 9.59 Å². The van der Waals surface area contributed by atoms with Gasteiger partial charge in [0, 0.05) is 19.1 Å². The van der Waals surface area contributed by atoms with Crippen molar-refractivity contribution in [1.29, 1.82) is 0 Å². The monoisotopic (exact) mass is 326 g/mol. The average molecular weight is 326 g/mol. The van der Waals surface area contributed by atoms with Gasteiger partial charge in [-0.05, 0) is 17.7 Å². The summed E-state index contributed by atoms with van der Waals surface area (Å²) < 4.78 is 11.2. The molecule has 0 bridgehead atoms. The van der Waals surface area contributed by atoms with E-state index in [1.165, 1.54) is 0 Å². The van der Waals surface area contributed by atoms with Crippen LogP contribution in [0.1, 0.15) is 12.0 Å². The number of carbonyl (C=O) groups is 2. The molecule has 1 heterocycles. The zero-order chi connectivity index (χ0) is 17.2. The Bertz CT molecular complexity index is 764. The molecule has 1 atom stereocenters. The Kier molecular flexibility index (Phi) is 4.22. The van der Waals surface area contributed by atoms with E-state index in [1.807, 2.05) is 42.5 Å². The summed E-state index contributed by atoms with van der Waals surface area (Å²) in [4.78, 5) is 23.0. The number of nitrogens with one attached hydrogen (secondary N) is 2. The topological polar surface area (TPSA) is 76.7 Å². The molecule has 2 N–H and O–H groups in total. The molecular weight excluding hydrogens is 308 g/mol. The molecule has 6 heteroatoms. The summed E-state index contributed by atoms with van der Waals surface area (Å²) in [7, 11) is 3.14. The van der Waals surface area contributed by atoms with Crippen LogP contribution in [0.25, 0.3) is 5.57 Å². The third kappa shape index (κ3) is 2.96. The van der Waals surface area contributed by atoms with Crippen molar-refractivity contribution in [2.24, 2.45) is 0 Å². The highest BCUT2D eigenvalue weighted by Gasteiger charge is 2.34. The number of urea groups is 1. The number of rotatable bonds is 4. The lowest BCUT2D eigenvalue weighted by atomic mass is 9.87. The summed E-state index contributed by atoms with van der Waals surface area (Å²) in [5, 5.41) is 4.65. The van der Waals surface area contributed by atoms with E-state index in [2.05, 4.69) is 10.6 Å². The zero-order valence-corrected chi connectivity index (χ0v) is 13.5. The number of hydrogen-bond acceptors (Lipinski definition) is 4. The molecule has 6 nitrogen and oxygen atoms in total. The lowest BCUT2D eigenvalue weighted by Crippen LogP contribution is -2.31. The number of ether oxygens (including phenoxy) is 2. The fraction of sp³-hybridized carbons (Fsp3) is 0.222. The van der Waals surface area contributed by atoms with E-state index >= 15 is 0 Å². The Balaban J connectivity index is 1.97. The van der Waals surface area contributed by atoms with Crippen LogP contribution in [0.2, 0.25) is 0 Å². The van der Waals surface area contributed by atoms with Crippen LogP contribution in [-0.4, -0.2) is 31.8 Å². The summed E-state index contributed by atoms with van der Waals surface area (Å²) in [6.07, 6.45) is 5.93. The van der Waals surface area contributed by atoms with Gasteiger partial charge in [0.1, 0.15) is 17.1 Å². The molecule has 1 aromatic rings. The first kappa shape index (κ1) is 16.0. The Hall–Kier alpha value is -2.86. The highest BCUT2D eigenvalue weighted by Crippen LogP contribution is 2.36. The van der Waals surface area contributed by atoms with E-state index in [1.54, 1.807) is 20.3 Å². The molecule has 3 rings (SSSR count). The first-order valence-electron chi connectivity index (χ1n) is 7.50. The average Bonchev–Trinajstić information content (AvgIpc) is 2.92. The molecule has 1 aromatic carbocycles. The van der Waals surface area contributed by atoms with Gasteiger partial charge in [0.25, 0.3) is 5.91 Å². The third-order valence-corrected chi connectivity index (χ3v) is 4.06. The van der Waals surface area contributed by atoms with E-state index in [4.69, 9.17) is 9.47 Å². The molecule has 1 aliphatic heterocycles. The zero-order valence-electron chi connectivity index (χ0n) is 13.5. The minimum absolute atomic E-state index is 0.171. The maximum Gasteiger partial charge on any atom is 0.326 e. The normalized spacial score (nSPS) is 25.0. The standard InChI is InChI=1S/C18H18N2O4/c1-23-15-11-18(24-2,10-14-16(21)20-17(22)19-14)9-8-13(15)12-6-4-3-5-7-12/h3-8,10-11H,9H2,1-2H3,(H2,19,20,21,22)/b14-10-. The molecule has 0 saturated carbocycles. The Morgan fingerprint density at radius 3 is 2.46 bits per heavy atom. The van der Waals surface area contributed by atoms with Crippen LogP contribution in [-0.2, 0) is 14.3 Å². The Morgan fingerprint density at radius 1 is 1.12 bits per heavy atom. The van der Waals surface area contributed by atoms with Crippen molar-refractivity contribution in [2.45, 2.75) is 12.0 Å². The van der Waals surface area contributed by atoms with Gasteiger partial charge in [-0.2, -0.15) is 0 Å². The first-order chi connectivity index (χ1) is 11.6. The Morgan fingerprint density at radius 2 is 1.88 bits per heavy atom. The van der Waals surface area contributed by atoms with Crippen molar-refractivity contribution in [3.05, 3.63) is 65.6 Å². The number of amides is 3. The molecule has 0 radical (unpaired) electrons. The van der Waals surface area contributed by atoms with Crippen LogP contribution >= 0.6 is 0 Å². The van der Waals surface area contributed by atoms with Gasteiger partial charge in [-0.3, -0.25) is 10.1 Å². The number of methoxy groups -OCH3 is 2. The maximum atomic E-state index is 11.8. The quantitative estimate of drug-likeness (QED) is 0.656. The van der Waals surface area contributed by atoms with Gasteiger partial charge >= 0.3 is 6.03 Å². The van der Waals surface area contributed by atoms with Crippen molar-refractivity contribution < 1.29 is 19.1 Å². The fourth-order valence-electron chi connectivity index (χ4n) is 2.80. The second-order valence-corrected chi connectivity index (χ2v) is 5.53. The van der Waals surface area contributed by atoms with E-state index in [0.29, 0.717) is 12.2 Å². The molecule has 124 valence electrons. The molecule has 1 fully saturated rings. The van der Waals surface area contributed by atoms with Crippen LogP contribution in [0.4, 0.5) is 4.79 Å². The highest BCUT2D eigenvalue weighted by molar-refractivity contribution is 6.11. The van der Waals surface area contributed by atoms with Crippen molar-refractivity contribution in [1.82, 2.24) is 10.6 Å². The van der Waals surface area contributed by atoms with Crippen LogP contribution < -0.4 is 10.6 Å². The van der Waals surface area contributed by atoms with E-state index in [-0.39, 0.29) is 5.70 Å². The van der Waals surface area contributed by atoms with Crippen LogP contribution in [0.3, 0.4) is 0 Å². The smallest absolute Gasteiger partial charge is 0.326 e. The second kappa shape index (κ2) is 6.33. The van der Waals surface area contributed by atoms with Gasteiger partial charge in [0.15, 0.2) is 0 Å². The van der Waals surface area contributed by atoms with Crippen molar-refractivity contribution in [3.8, 4) is 0 Å². The summed E-state index contributed by atoms with van der Waals surface area (Å²) in [6, 6.07) is 9.34. The third-order valence-electron chi connectivity index (χ3n) is 4.06. The highest BCUT2D eigenvalue weighted by atomic mass is 16.5. The minimum Gasteiger partial charge on any atom is -0.496 e. The predicted molar refractivity (Wildman–Crippen MR) is 88.6 cm³/mol. The lowest BCUT2D eigenvalue weighted by molar-refractivity contribution is -0.115. The van der Waals surface area contributed by atoms with Gasteiger partial charge in [0.2, 0.25) is 0 Å². The SMILES string of the molecule is COC1=CC(/C=C2\NC(=O)NC2=O)(OC)CC=C1c1ccccc1. The number of allylic oxidation sites excluding steroid dienone is 1. The van der Waals surface area contributed by atoms with Gasteiger partial charge in [-0.25, -0.2) is 4.79 Å². The molecule has 1 aliphatic carbocycles. The lowest BCUT2D eigenvalue weighted by Gasteiger charge is -2.30. The summed E-state index contributed by atoms with van der Waals surface area (Å²) in [5.41, 5.74) is 1.30. The van der Waals surface area contributed by atoms with Crippen molar-refractivity contribution in [3.63, 3.8) is 0 Å². The van der Waals surface area contributed by atoms with E-state index in [0.717, 1.165) is 11.1 Å². The van der Waals surface area contributed by atoms with E-state index < -0.39 is 17.5 Å². The van der Waals surface area contributed by atoms with Crippen LogP contribution in [0.5, 0.6) is 0 Å². The number of imide groups is 1. The summed E-state index contributed by atoms with van der Waals surface area (Å²) in [5.74, 6) is 0.178. The molecule has 0 spiro atoms. The summed E-state index contributed by atoms with van der Waals surface area (Å²) in [6.45, 7) is 0. The van der Waals surface area contributed by atoms with Gasteiger partial charge < -0.3 is 14.8 Å². The largest absolute Gasteiger partial charge is 0.496 e. The number of carbonyl (C=O) groups excluding carboxylic acids is 2. The molecular formula is C18H18N2O4. The number of benzene rings is 1. The fourth-order valence-corrected chi connectivity index (χ4v) is 2.80. The Labute approximate surface area is 139 Å². The van der Waals surface area contributed by atoms with Crippen LogP contribution in [0.15, 0.2) is 60.0 Å². The van der Waals surface area contributed by atoms with Gasteiger partial charge in [0.05, 0.1) is 7.11 Å². The number of hydrogen-bond donors (Lipinski definition) is 2. The first-order valence-corrected chi connectivity index (χ1v) is 7.50. The van der Waals surface area contributed by atoms with Gasteiger partial charge in [-0.1, -0.05) is 36.4 Å². The minimum atomic E-state index is -0.867. The van der Waals surface area contributed by atoms with Crippen LogP contribution in [0, 0.1) is 0 Å². The van der Waals surface area contributed by atoms with Crippen molar-refractivity contribution >= 4 is 17.5 Å². The molecule has 3 amide bonds. The molecule has 1 unspecified atom stereocenters. The molecule has 2 aliphatic rings. The van der Waals surface area contributed by atoms with Gasteiger partial charge in [-0.15, -0.1) is 0 Å². The summed E-state index contributed by atoms with van der Waals surface area (Å²) >= 11 is 0. The maximum absolute atomic E-state index is 11.8. The van der Waals surface area contributed by atoms with Crippen molar-refractivity contribution in [2.75, 3.05) is 14.2 Å². The molecule has 24 heavy (non-hydrogen) atoms. The second-order valence-electron chi connectivity index (χ2n) is 5.53. The predicted octanol–water partition coefficient (Wildman–Crippen LogP) is 2.11.